The molecule has 0 atom stereocenters. The van der Waals surface area contributed by atoms with Crippen LogP contribution in [0.1, 0.15) is 42.6 Å². The number of carbonyl (C=O) groups excluding carboxylic acids is 1. The fourth-order valence-corrected chi connectivity index (χ4v) is 2.34. The number of carbonyl (C=O) groups is 2. The third kappa shape index (κ3) is 4.04. The normalized spacial score (nSPS) is 11.2. The SMILES string of the molecule is CCC(CC)(CNC(=O)c1ccccc1CCN)C(=O)O. The predicted molar refractivity (Wildman–Crippen MR) is 82.2 cm³/mol. The van der Waals surface area contributed by atoms with E-state index in [2.05, 4.69) is 5.32 Å². The van der Waals surface area contributed by atoms with Gasteiger partial charge in [0.1, 0.15) is 0 Å². The highest BCUT2D eigenvalue weighted by atomic mass is 16.4. The maximum absolute atomic E-state index is 12.3. The van der Waals surface area contributed by atoms with Crippen LogP contribution < -0.4 is 11.1 Å². The summed E-state index contributed by atoms with van der Waals surface area (Å²) in [5, 5.41) is 12.1. The van der Waals surface area contributed by atoms with Crippen LogP contribution in [0.5, 0.6) is 0 Å². The smallest absolute Gasteiger partial charge is 0.311 e. The molecule has 0 aromatic heterocycles. The molecule has 1 aromatic rings. The Morgan fingerprint density at radius 1 is 1.24 bits per heavy atom. The van der Waals surface area contributed by atoms with Gasteiger partial charge in [-0.15, -0.1) is 0 Å². The van der Waals surface area contributed by atoms with Crippen molar-refractivity contribution in [3.8, 4) is 0 Å². The Hall–Kier alpha value is -1.88. The summed E-state index contributed by atoms with van der Waals surface area (Å²) in [6.07, 6.45) is 1.57. The van der Waals surface area contributed by atoms with Gasteiger partial charge in [0.05, 0.1) is 5.41 Å². The molecule has 21 heavy (non-hydrogen) atoms. The molecule has 1 rings (SSSR count). The molecule has 0 saturated heterocycles. The van der Waals surface area contributed by atoms with Gasteiger partial charge in [0, 0.05) is 12.1 Å². The van der Waals surface area contributed by atoms with Crippen LogP contribution in [0.15, 0.2) is 24.3 Å². The first-order valence-corrected chi connectivity index (χ1v) is 7.30. The number of amides is 1. The summed E-state index contributed by atoms with van der Waals surface area (Å²) in [6, 6.07) is 7.26. The summed E-state index contributed by atoms with van der Waals surface area (Å²) in [6.45, 7) is 4.25. The second kappa shape index (κ2) is 7.78. The van der Waals surface area contributed by atoms with Crippen LogP contribution in [0, 0.1) is 5.41 Å². The fraction of sp³-hybridized carbons (Fsp3) is 0.500. The quantitative estimate of drug-likeness (QED) is 0.681. The number of aliphatic carboxylic acids is 1. The summed E-state index contributed by atoms with van der Waals surface area (Å²) in [5.74, 6) is -1.12. The van der Waals surface area contributed by atoms with Gasteiger partial charge in [-0.05, 0) is 37.4 Å². The molecule has 0 unspecified atom stereocenters. The van der Waals surface area contributed by atoms with Gasteiger partial charge >= 0.3 is 5.97 Å². The average molecular weight is 292 g/mol. The third-order valence-electron chi connectivity index (χ3n) is 4.07. The van der Waals surface area contributed by atoms with E-state index in [0.29, 0.717) is 31.4 Å². The number of hydrogen-bond donors (Lipinski definition) is 3. The molecule has 0 aliphatic rings. The largest absolute Gasteiger partial charge is 0.481 e. The zero-order valence-electron chi connectivity index (χ0n) is 12.7. The van der Waals surface area contributed by atoms with Crippen molar-refractivity contribution in [3.05, 3.63) is 35.4 Å². The maximum atomic E-state index is 12.3. The molecule has 0 spiro atoms. The minimum atomic E-state index is -0.904. The van der Waals surface area contributed by atoms with Gasteiger partial charge < -0.3 is 16.2 Å². The molecular formula is C16H24N2O3. The van der Waals surface area contributed by atoms with Crippen molar-refractivity contribution in [3.63, 3.8) is 0 Å². The van der Waals surface area contributed by atoms with E-state index in [0.717, 1.165) is 5.56 Å². The molecule has 5 heteroatoms. The van der Waals surface area contributed by atoms with Crippen LogP contribution >= 0.6 is 0 Å². The van der Waals surface area contributed by atoms with E-state index in [-0.39, 0.29) is 12.5 Å². The first-order chi connectivity index (χ1) is 10.0. The summed E-state index contributed by atoms with van der Waals surface area (Å²) in [5.41, 5.74) is 6.09. The first-order valence-electron chi connectivity index (χ1n) is 7.30. The Labute approximate surface area is 125 Å². The second-order valence-electron chi connectivity index (χ2n) is 5.17. The molecule has 0 fully saturated rings. The highest BCUT2D eigenvalue weighted by Gasteiger charge is 2.35. The van der Waals surface area contributed by atoms with Crippen molar-refractivity contribution < 1.29 is 14.7 Å². The van der Waals surface area contributed by atoms with Crippen molar-refractivity contribution >= 4 is 11.9 Å². The predicted octanol–water partition coefficient (Wildman–Crippen LogP) is 1.81. The van der Waals surface area contributed by atoms with Gasteiger partial charge in [-0.2, -0.15) is 0 Å². The number of benzene rings is 1. The van der Waals surface area contributed by atoms with E-state index in [1.54, 1.807) is 12.1 Å². The van der Waals surface area contributed by atoms with Crippen LogP contribution in [0.4, 0.5) is 0 Å². The Morgan fingerprint density at radius 3 is 2.38 bits per heavy atom. The molecule has 0 saturated carbocycles. The lowest BCUT2D eigenvalue weighted by Gasteiger charge is -2.27. The summed E-state index contributed by atoms with van der Waals surface area (Å²) in [7, 11) is 0. The lowest BCUT2D eigenvalue weighted by atomic mass is 9.82. The van der Waals surface area contributed by atoms with Gasteiger partial charge in [-0.1, -0.05) is 32.0 Å². The molecule has 0 heterocycles. The van der Waals surface area contributed by atoms with Crippen molar-refractivity contribution in [2.75, 3.05) is 13.1 Å². The van der Waals surface area contributed by atoms with Crippen molar-refractivity contribution in [1.29, 1.82) is 0 Å². The standard InChI is InChI=1S/C16H24N2O3/c1-3-16(4-2,15(20)21)11-18-14(19)13-8-6-5-7-12(13)9-10-17/h5-8H,3-4,9-11,17H2,1-2H3,(H,18,19)(H,20,21). The Kier molecular flexibility index (Phi) is 6.37. The molecule has 0 bridgehead atoms. The summed E-state index contributed by atoms with van der Waals surface area (Å²) in [4.78, 5) is 23.7. The molecule has 116 valence electrons. The molecule has 5 nitrogen and oxygen atoms in total. The second-order valence-corrected chi connectivity index (χ2v) is 5.17. The van der Waals surface area contributed by atoms with Gasteiger partial charge in [-0.25, -0.2) is 0 Å². The van der Waals surface area contributed by atoms with Crippen LogP contribution in [0.25, 0.3) is 0 Å². The lowest BCUT2D eigenvalue weighted by Crippen LogP contribution is -2.42. The third-order valence-corrected chi connectivity index (χ3v) is 4.07. The maximum Gasteiger partial charge on any atom is 0.311 e. The fourth-order valence-electron chi connectivity index (χ4n) is 2.34. The van der Waals surface area contributed by atoms with Crippen LogP contribution in [-0.2, 0) is 11.2 Å². The van der Waals surface area contributed by atoms with Crippen LogP contribution in [0.2, 0.25) is 0 Å². The van der Waals surface area contributed by atoms with Crippen molar-refractivity contribution in [1.82, 2.24) is 5.32 Å². The Bertz CT molecular complexity index is 496. The van der Waals surface area contributed by atoms with Crippen molar-refractivity contribution in [2.45, 2.75) is 33.1 Å². The molecule has 0 radical (unpaired) electrons. The molecular weight excluding hydrogens is 268 g/mol. The van der Waals surface area contributed by atoms with Gasteiger partial charge in [-0.3, -0.25) is 9.59 Å². The highest BCUT2D eigenvalue weighted by molar-refractivity contribution is 5.96. The number of nitrogens with one attached hydrogen (secondary N) is 1. The first kappa shape index (κ1) is 17.2. The number of nitrogens with two attached hydrogens (primary N) is 1. The molecule has 1 aromatic carbocycles. The van der Waals surface area contributed by atoms with Gasteiger partial charge in [0.2, 0.25) is 0 Å². The summed E-state index contributed by atoms with van der Waals surface area (Å²) >= 11 is 0. The van der Waals surface area contributed by atoms with E-state index in [1.165, 1.54) is 0 Å². The number of carboxylic acid groups (broad SMARTS) is 1. The molecule has 0 aliphatic heterocycles. The summed E-state index contributed by atoms with van der Waals surface area (Å²) < 4.78 is 0. The van der Waals surface area contributed by atoms with Crippen LogP contribution in [-0.4, -0.2) is 30.1 Å². The van der Waals surface area contributed by atoms with E-state index in [1.807, 2.05) is 26.0 Å². The molecule has 1 amide bonds. The topological polar surface area (TPSA) is 92.4 Å². The van der Waals surface area contributed by atoms with E-state index >= 15 is 0 Å². The zero-order valence-corrected chi connectivity index (χ0v) is 12.7. The average Bonchev–Trinajstić information content (AvgIpc) is 2.49. The Balaban J connectivity index is 2.84. The van der Waals surface area contributed by atoms with E-state index < -0.39 is 11.4 Å². The number of rotatable bonds is 8. The number of carboxylic acids is 1. The molecule has 0 aliphatic carbocycles. The monoisotopic (exact) mass is 292 g/mol. The van der Waals surface area contributed by atoms with Crippen molar-refractivity contribution in [2.24, 2.45) is 11.1 Å². The van der Waals surface area contributed by atoms with Gasteiger partial charge in [0.25, 0.3) is 5.91 Å². The Morgan fingerprint density at radius 2 is 1.86 bits per heavy atom. The van der Waals surface area contributed by atoms with Gasteiger partial charge in [0.15, 0.2) is 0 Å². The lowest BCUT2D eigenvalue weighted by molar-refractivity contribution is -0.149. The minimum absolute atomic E-state index is 0.130. The van der Waals surface area contributed by atoms with Crippen LogP contribution in [0.3, 0.4) is 0 Å². The van der Waals surface area contributed by atoms with E-state index in [4.69, 9.17) is 5.73 Å². The minimum Gasteiger partial charge on any atom is -0.481 e. The highest BCUT2D eigenvalue weighted by Crippen LogP contribution is 2.25. The number of hydrogen-bond acceptors (Lipinski definition) is 3. The zero-order chi connectivity index (χ0) is 15.9. The van der Waals surface area contributed by atoms with E-state index in [9.17, 15) is 14.7 Å². The molecule has 4 N–H and O–H groups in total.